The molecule has 0 aromatic heterocycles. The summed E-state index contributed by atoms with van der Waals surface area (Å²) in [5.41, 5.74) is -0.264. The molecule has 0 N–H and O–H groups in total. The summed E-state index contributed by atoms with van der Waals surface area (Å²) in [7, 11) is 1.65. The second kappa shape index (κ2) is 10.6. The third-order valence-electron chi connectivity index (χ3n) is 1.23. The van der Waals surface area contributed by atoms with Crippen molar-refractivity contribution in [2.24, 2.45) is 5.41 Å². The van der Waals surface area contributed by atoms with E-state index in [4.69, 9.17) is 8.31 Å². The molecule has 0 heterocycles. The first-order valence-corrected chi connectivity index (χ1v) is 5.89. The monoisotopic (exact) mass is 272 g/mol. The van der Waals surface area contributed by atoms with Gasteiger partial charge >= 0.3 is 21.8 Å². The molecule has 0 unspecified atom stereocenters. The molecular weight excluding hydrogens is 258 g/mol. The van der Waals surface area contributed by atoms with Gasteiger partial charge in [-0.05, 0) is 0 Å². The third kappa shape index (κ3) is 13.1. The Morgan fingerprint density at radius 1 is 1.25 bits per heavy atom. The van der Waals surface area contributed by atoms with E-state index in [2.05, 4.69) is 6.07 Å². The van der Waals surface area contributed by atoms with Gasteiger partial charge in [0.15, 0.2) is 0 Å². The number of ether oxygens (including phenoxy) is 1. The van der Waals surface area contributed by atoms with Gasteiger partial charge in [0.1, 0.15) is 0 Å². The molecule has 0 saturated heterocycles. The molecule has 1 rings (SSSR count). The second-order valence-corrected chi connectivity index (χ2v) is 3.79. The van der Waals surface area contributed by atoms with Crippen molar-refractivity contribution >= 4 is 6.29 Å². The summed E-state index contributed by atoms with van der Waals surface area (Å²) in [5, 5.41) is 0. The average Bonchev–Trinajstić information content (AvgIpc) is 2.32. The van der Waals surface area contributed by atoms with Gasteiger partial charge in [-0.2, -0.15) is 18.2 Å². The molecule has 0 atom stereocenters. The minimum absolute atomic E-state index is 0.125. The van der Waals surface area contributed by atoms with E-state index in [0.29, 0.717) is 0 Å². The van der Waals surface area contributed by atoms with Crippen LogP contribution >= 0.6 is 0 Å². The normalized spacial score (nSPS) is 8.88. The van der Waals surface area contributed by atoms with Crippen molar-refractivity contribution in [2.75, 3.05) is 7.11 Å². The Morgan fingerprint density at radius 2 is 1.62 bits per heavy atom. The molecule has 0 amide bonds. The molecular formula is C12H16O3Zn-2. The van der Waals surface area contributed by atoms with E-state index in [-0.39, 0.29) is 23.7 Å². The van der Waals surface area contributed by atoms with Crippen molar-refractivity contribution in [1.29, 1.82) is 0 Å². The Balaban J connectivity index is 0. The summed E-state index contributed by atoms with van der Waals surface area (Å²) in [4.78, 5) is 9.70. The summed E-state index contributed by atoms with van der Waals surface area (Å²) in [6.07, 6.45) is 1.85. The average molecular weight is 274 g/mol. The molecule has 0 bridgehead atoms. The van der Waals surface area contributed by atoms with Crippen LogP contribution in [0.25, 0.3) is 0 Å². The van der Waals surface area contributed by atoms with E-state index in [1.165, 1.54) is 0 Å². The summed E-state index contributed by atoms with van der Waals surface area (Å²) in [6.45, 7) is 5.46. The zero-order valence-electron chi connectivity index (χ0n) is 10.2. The van der Waals surface area contributed by atoms with Gasteiger partial charge in [0.25, 0.3) is 0 Å². The van der Waals surface area contributed by atoms with E-state index < -0.39 is 0 Å². The van der Waals surface area contributed by atoms with Crippen LogP contribution in [0.4, 0.5) is 0 Å². The number of hydrogen-bond acceptors (Lipinski definition) is 3. The first-order valence-electron chi connectivity index (χ1n) is 4.68. The van der Waals surface area contributed by atoms with Crippen LogP contribution in [0.5, 0.6) is 5.75 Å². The molecule has 0 aliphatic rings. The topological polar surface area (TPSA) is 43.4 Å². The SMILES string of the molecule is CC(C)(C)[C-]=O.COc1cc[c-]cc1.[O]=[Zn]. The van der Waals surface area contributed by atoms with Crippen LogP contribution in [0.2, 0.25) is 0 Å². The van der Waals surface area contributed by atoms with Crippen molar-refractivity contribution in [3.8, 4) is 5.75 Å². The zero-order chi connectivity index (χ0) is 13.0. The Labute approximate surface area is 107 Å². The quantitative estimate of drug-likeness (QED) is 0.583. The van der Waals surface area contributed by atoms with Crippen molar-refractivity contribution in [3.63, 3.8) is 0 Å². The molecule has 0 aliphatic heterocycles. The van der Waals surface area contributed by atoms with Crippen molar-refractivity contribution in [3.05, 3.63) is 30.3 Å². The maximum atomic E-state index is 9.70. The van der Waals surface area contributed by atoms with Gasteiger partial charge < -0.3 is 9.53 Å². The first-order chi connectivity index (χ1) is 7.49. The van der Waals surface area contributed by atoms with Gasteiger partial charge in [0, 0.05) is 5.75 Å². The van der Waals surface area contributed by atoms with Crippen LogP contribution < -0.4 is 4.74 Å². The fraction of sp³-hybridized carbons (Fsp3) is 0.417. The van der Waals surface area contributed by atoms with E-state index in [1.807, 2.05) is 51.3 Å². The fourth-order valence-electron chi connectivity index (χ4n) is 0.508. The molecule has 0 aliphatic carbocycles. The summed E-state index contributed by atoms with van der Waals surface area (Å²) < 4.78 is 13.3. The first kappa shape index (κ1) is 17.5. The van der Waals surface area contributed by atoms with Gasteiger partial charge in [-0.3, -0.25) is 6.29 Å². The number of benzene rings is 1. The standard InChI is InChI=1S/C7H7O.C5H9O.O.Zn/c1-8-7-5-3-2-4-6-7;1-5(2,3)4-6;;/h3-6H,1H3;1-3H3;;/q2*-1;;. The van der Waals surface area contributed by atoms with Gasteiger partial charge in [-0.25, -0.2) is 0 Å². The number of methoxy groups -OCH3 is 1. The molecule has 0 spiro atoms. The van der Waals surface area contributed by atoms with E-state index in [9.17, 15) is 4.79 Å². The number of carbonyl (C=O) groups excluding carboxylic acids is 1. The Hall–Kier alpha value is -0.887. The molecule has 0 radical (unpaired) electrons. The number of rotatable bonds is 1. The zero-order valence-corrected chi connectivity index (χ0v) is 13.2. The molecule has 0 fully saturated rings. The molecule has 1 aromatic rings. The van der Waals surface area contributed by atoms with E-state index in [1.54, 1.807) is 7.11 Å². The van der Waals surface area contributed by atoms with Crippen LogP contribution in [0.1, 0.15) is 20.8 Å². The predicted octanol–water partition coefficient (Wildman–Crippen LogP) is 2.52. The van der Waals surface area contributed by atoms with Crippen LogP contribution in [0.3, 0.4) is 0 Å². The summed E-state index contributed by atoms with van der Waals surface area (Å²) >= 11 is 0.125. The Kier molecular flexibility index (Phi) is 11.6. The van der Waals surface area contributed by atoms with E-state index >= 15 is 0 Å². The van der Waals surface area contributed by atoms with Gasteiger partial charge in [-0.1, -0.05) is 20.8 Å². The van der Waals surface area contributed by atoms with Gasteiger partial charge in [-0.15, -0.1) is 17.5 Å². The van der Waals surface area contributed by atoms with Crippen molar-refractivity contribution in [1.82, 2.24) is 0 Å². The molecule has 3 nitrogen and oxygen atoms in total. The van der Waals surface area contributed by atoms with Crippen molar-refractivity contribution < 1.29 is 31.4 Å². The van der Waals surface area contributed by atoms with Gasteiger partial charge in [0.2, 0.25) is 0 Å². The minimum atomic E-state index is -0.264. The molecule has 1 aromatic carbocycles. The molecule has 16 heavy (non-hydrogen) atoms. The molecule has 0 saturated carbocycles. The summed E-state index contributed by atoms with van der Waals surface area (Å²) in [5.74, 6) is 0.878. The third-order valence-corrected chi connectivity index (χ3v) is 1.23. The van der Waals surface area contributed by atoms with E-state index in [0.717, 1.165) is 5.75 Å². The molecule has 4 heteroatoms. The van der Waals surface area contributed by atoms with Crippen LogP contribution in [-0.2, 0) is 26.6 Å². The van der Waals surface area contributed by atoms with Crippen LogP contribution in [0, 0.1) is 11.5 Å². The van der Waals surface area contributed by atoms with Gasteiger partial charge in [0.05, 0.1) is 7.11 Å². The van der Waals surface area contributed by atoms with Crippen LogP contribution in [-0.4, -0.2) is 13.4 Å². The fourth-order valence-corrected chi connectivity index (χ4v) is 0.508. The predicted molar refractivity (Wildman–Crippen MR) is 57.7 cm³/mol. The summed E-state index contributed by atoms with van der Waals surface area (Å²) in [6, 6.07) is 10.2. The number of hydrogen-bond donors (Lipinski definition) is 0. The van der Waals surface area contributed by atoms with Crippen molar-refractivity contribution in [2.45, 2.75) is 20.8 Å². The maximum absolute atomic E-state index is 9.70. The molecule has 86 valence electrons. The second-order valence-electron chi connectivity index (χ2n) is 3.79. The Morgan fingerprint density at radius 3 is 1.81 bits per heavy atom. The Bertz CT molecular complexity index is 267. The van der Waals surface area contributed by atoms with Crippen LogP contribution in [0.15, 0.2) is 24.3 Å².